The minimum absolute atomic E-state index is 0.184. The van der Waals surface area contributed by atoms with E-state index < -0.39 is 0 Å². The van der Waals surface area contributed by atoms with Gasteiger partial charge < -0.3 is 5.32 Å². The first-order valence-electron chi connectivity index (χ1n) is 5.52. The Morgan fingerprint density at radius 2 is 1.87 bits per heavy atom. The molecule has 80 valence electrons. The third-order valence-electron chi connectivity index (χ3n) is 2.93. The van der Waals surface area contributed by atoms with E-state index in [1.54, 1.807) is 0 Å². The summed E-state index contributed by atoms with van der Waals surface area (Å²) in [5.74, 6) is 0.184. The summed E-state index contributed by atoms with van der Waals surface area (Å²) in [6.45, 7) is 4.00. The number of carbonyl (C=O) groups excluding carboxylic acids is 1. The molecule has 0 aromatic heterocycles. The van der Waals surface area contributed by atoms with Crippen molar-refractivity contribution in [3.8, 4) is 0 Å². The average molecular weight is 203 g/mol. The molecule has 15 heavy (non-hydrogen) atoms. The van der Waals surface area contributed by atoms with E-state index in [2.05, 4.69) is 5.32 Å². The quantitative estimate of drug-likeness (QED) is 0.802. The predicted molar refractivity (Wildman–Crippen MR) is 60.6 cm³/mol. The molecule has 0 aliphatic heterocycles. The van der Waals surface area contributed by atoms with Gasteiger partial charge in [-0.15, -0.1) is 0 Å². The van der Waals surface area contributed by atoms with E-state index in [1.165, 1.54) is 0 Å². The van der Waals surface area contributed by atoms with E-state index in [0.29, 0.717) is 0 Å². The number of nitrogens with one attached hydrogen (secondary N) is 1. The first-order valence-corrected chi connectivity index (χ1v) is 5.52. The maximum Gasteiger partial charge on any atom is 0.230 e. The molecule has 0 bridgehead atoms. The lowest BCUT2D eigenvalue weighted by Crippen LogP contribution is -2.38. The van der Waals surface area contributed by atoms with Crippen LogP contribution in [-0.2, 0) is 10.2 Å². The molecule has 0 radical (unpaired) electrons. The van der Waals surface area contributed by atoms with E-state index >= 15 is 0 Å². The highest BCUT2D eigenvalue weighted by molar-refractivity contribution is 5.91. The molecule has 1 N–H and O–H groups in total. The van der Waals surface area contributed by atoms with Gasteiger partial charge in [0.15, 0.2) is 0 Å². The lowest BCUT2D eigenvalue weighted by atomic mass is 9.95. The van der Waals surface area contributed by atoms with E-state index in [0.717, 1.165) is 18.4 Å². The van der Waals surface area contributed by atoms with Crippen molar-refractivity contribution in [1.29, 1.82) is 0 Å². The van der Waals surface area contributed by atoms with Crippen LogP contribution >= 0.6 is 0 Å². The van der Waals surface area contributed by atoms with Crippen molar-refractivity contribution in [1.82, 2.24) is 5.32 Å². The van der Waals surface area contributed by atoms with Gasteiger partial charge in [0, 0.05) is 6.04 Å². The fourth-order valence-electron chi connectivity index (χ4n) is 1.93. The molecular formula is C13H17NO. The molecule has 0 saturated heterocycles. The van der Waals surface area contributed by atoms with Crippen LogP contribution in [0.15, 0.2) is 30.3 Å². The SMILES string of the molecule is CC(C)NC(=O)C1(c2ccccc2)CC1. The van der Waals surface area contributed by atoms with Crippen molar-refractivity contribution in [3.05, 3.63) is 35.9 Å². The summed E-state index contributed by atoms with van der Waals surface area (Å²) in [5, 5.41) is 3.01. The Morgan fingerprint density at radius 1 is 1.27 bits per heavy atom. The number of hydrogen-bond acceptors (Lipinski definition) is 1. The summed E-state index contributed by atoms with van der Waals surface area (Å²) in [6, 6.07) is 10.3. The lowest BCUT2D eigenvalue weighted by Gasteiger charge is -2.17. The summed E-state index contributed by atoms with van der Waals surface area (Å²) >= 11 is 0. The summed E-state index contributed by atoms with van der Waals surface area (Å²) in [6.07, 6.45) is 1.96. The fraction of sp³-hybridized carbons (Fsp3) is 0.462. The Morgan fingerprint density at radius 3 is 2.33 bits per heavy atom. The third kappa shape index (κ3) is 1.89. The Bertz CT molecular complexity index is 352. The van der Waals surface area contributed by atoms with Crippen LogP contribution in [0.1, 0.15) is 32.3 Å². The minimum Gasteiger partial charge on any atom is -0.353 e. The molecule has 2 rings (SSSR count). The largest absolute Gasteiger partial charge is 0.353 e. The molecule has 1 saturated carbocycles. The van der Waals surface area contributed by atoms with Gasteiger partial charge in [0.25, 0.3) is 0 Å². The molecule has 0 atom stereocenters. The van der Waals surface area contributed by atoms with Crippen molar-refractivity contribution < 1.29 is 4.79 Å². The summed E-state index contributed by atoms with van der Waals surface area (Å²) < 4.78 is 0. The third-order valence-corrected chi connectivity index (χ3v) is 2.93. The second-order valence-electron chi connectivity index (χ2n) is 4.58. The van der Waals surface area contributed by atoms with Gasteiger partial charge >= 0.3 is 0 Å². The van der Waals surface area contributed by atoms with E-state index in [9.17, 15) is 4.79 Å². The zero-order chi connectivity index (χ0) is 10.9. The normalized spacial score (nSPS) is 17.5. The minimum atomic E-state index is -0.217. The second-order valence-corrected chi connectivity index (χ2v) is 4.58. The van der Waals surface area contributed by atoms with Gasteiger partial charge in [0.2, 0.25) is 5.91 Å². The Balaban J connectivity index is 2.18. The van der Waals surface area contributed by atoms with E-state index in [4.69, 9.17) is 0 Å². The van der Waals surface area contributed by atoms with Gasteiger partial charge in [-0.3, -0.25) is 4.79 Å². The molecule has 1 aliphatic rings. The van der Waals surface area contributed by atoms with Gasteiger partial charge in [-0.2, -0.15) is 0 Å². The van der Waals surface area contributed by atoms with Crippen LogP contribution in [0.2, 0.25) is 0 Å². The predicted octanol–water partition coefficient (Wildman–Crippen LogP) is 2.24. The molecule has 1 aliphatic carbocycles. The van der Waals surface area contributed by atoms with Crippen molar-refractivity contribution in [2.24, 2.45) is 0 Å². The molecule has 2 nitrogen and oxygen atoms in total. The lowest BCUT2D eigenvalue weighted by molar-refractivity contribution is -0.124. The number of amides is 1. The maximum absolute atomic E-state index is 12.0. The molecule has 2 heteroatoms. The highest BCUT2D eigenvalue weighted by atomic mass is 16.2. The zero-order valence-electron chi connectivity index (χ0n) is 9.29. The Kier molecular flexibility index (Phi) is 2.51. The van der Waals surface area contributed by atoms with Crippen LogP contribution in [0.5, 0.6) is 0 Å². The van der Waals surface area contributed by atoms with Crippen molar-refractivity contribution >= 4 is 5.91 Å². The van der Waals surface area contributed by atoms with Gasteiger partial charge in [0.1, 0.15) is 0 Å². The number of hydrogen-bond donors (Lipinski definition) is 1. The smallest absolute Gasteiger partial charge is 0.230 e. The van der Waals surface area contributed by atoms with Gasteiger partial charge in [-0.1, -0.05) is 30.3 Å². The van der Waals surface area contributed by atoms with Gasteiger partial charge in [0.05, 0.1) is 5.41 Å². The molecule has 0 unspecified atom stereocenters. The average Bonchev–Trinajstić information content (AvgIpc) is 2.99. The van der Waals surface area contributed by atoms with Crippen molar-refractivity contribution in [2.45, 2.75) is 38.1 Å². The standard InChI is InChI=1S/C13H17NO/c1-10(2)14-12(15)13(8-9-13)11-6-4-3-5-7-11/h3-7,10H,8-9H2,1-2H3,(H,14,15). The van der Waals surface area contributed by atoms with Crippen molar-refractivity contribution in [3.63, 3.8) is 0 Å². The Labute approximate surface area is 90.7 Å². The summed E-state index contributed by atoms with van der Waals surface area (Å²) in [5.41, 5.74) is 0.939. The summed E-state index contributed by atoms with van der Waals surface area (Å²) in [4.78, 5) is 12.0. The molecule has 1 aromatic carbocycles. The van der Waals surface area contributed by atoms with Crippen molar-refractivity contribution in [2.75, 3.05) is 0 Å². The zero-order valence-corrected chi connectivity index (χ0v) is 9.29. The first kappa shape index (κ1) is 10.2. The molecule has 1 aromatic rings. The molecule has 0 spiro atoms. The Hall–Kier alpha value is -1.31. The first-order chi connectivity index (χ1) is 7.15. The van der Waals surface area contributed by atoms with Crippen LogP contribution in [0.25, 0.3) is 0 Å². The van der Waals surface area contributed by atoms with Crippen LogP contribution < -0.4 is 5.32 Å². The van der Waals surface area contributed by atoms with Gasteiger partial charge in [-0.05, 0) is 32.3 Å². The molecular weight excluding hydrogens is 186 g/mol. The molecule has 0 heterocycles. The topological polar surface area (TPSA) is 29.1 Å². The number of rotatable bonds is 3. The monoisotopic (exact) mass is 203 g/mol. The second kappa shape index (κ2) is 3.69. The highest BCUT2D eigenvalue weighted by Crippen LogP contribution is 2.48. The summed E-state index contributed by atoms with van der Waals surface area (Å²) in [7, 11) is 0. The number of benzene rings is 1. The van der Waals surface area contributed by atoms with Crippen LogP contribution in [0.4, 0.5) is 0 Å². The number of carbonyl (C=O) groups is 1. The van der Waals surface area contributed by atoms with E-state index in [1.807, 2.05) is 44.2 Å². The van der Waals surface area contributed by atoms with Crippen LogP contribution in [0.3, 0.4) is 0 Å². The van der Waals surface area contributed by atoms with Crippen LogP contribution in [-0.4, -0.2) is 11.9 Å². The van der Waals surface area contributed by atoms with Crippen LogP contribution in [0, 0.1) is 0 Å². The van der Waals surface area contributed by atoms with Gasteiger partial charge in [-0.25, -0.2) is 0 Å². The maximum atomic E-state index is 12.0. The molecule has 1 fully saturated rings. The highest BCUT2D eigenvalue weighted by Gasteiger charge is 2.51. The van der Waals surface area contributed by atoms with E-state index in [-0.39, 0.29) is 17.4 Å². The molecule has 1 amide bonds. The fourth-order valence-corrected chi connectivity index (χ4v) is 1.93.